The number of ether oxygens (including phenoxy) is 2. The minimum atomic E-state index is -0.124. The average molecular weight is 370 g/mol. The molecule has 27 heavy (non-hydrogen) atoms. The summed E-state index contributed by atoms with van der Waals surface area (Å²) in [5.74, 6) is 1.35. The maximum absolute atomic E-state index is 12.3. The Hall–Kier alpha value is -2.38. The lowest BCUT2D eigenvalue weighted by molar-refractivity contribution is 0.0952. The smallest absolute Gasteiger partial charge is 0.254 e. The molecule has 2 saturated heterocycles. The summed E-state index contributed by atoms with van der Waals surface area (Å²) in [4.78, 5) is 24.3. The molecule has 0 unspecified atom stereocenters. The number of nitrogens with zero attached hydrogens (tertiary/aromatic N) is 3. The third-order valence-electron chi connectivity index (χ3n) is 5.40. The molecular formula is C20H26N4O3. The van der Waals surface area contributed by atoms with Crippen molar-refractivity contribution in [2.24, 2.45) is 0 Å². The van der Waals surface area contributed by atoms with Crippen LogP contribution in [0.3, 0.4) is 0 Å². The monoisotopic (exact) mass is 370 g/mol. The van der Waals surface area contributed by atoms with Crippen molar-refractivity contribution in [2.75, 3.05) is 49.8 Å². The van der Waals surface area contributed by atoms with E-state index >= 15 is 0 Å². The average Bonchev–Trinajstić information content (AvgIpc) is 3.11. The Kier molecular flexibility index (Phi) is 5.40. The molecule has 0 aliphatic carbocycles. The Morgan fingerprint density at radius 2 is 2.00 bits per heavy atom. The second-order valence-corrected chi connectivity index (χ2v) is 7.04. The number of methoxy groups -OCH3 is 1. The molecular weight excluding hydrogens is 344 g/mol. The lowest BCUT2D eigenvalue weighted by atomic mass is 10.0. The van der Waals surface area contributed by atoms with Crippen molar-refractivity contribution in [3.05, 3.63) is 52.3 Å². The number of rotatable bonds is 5. The van der Waals surface area contributed by atoms with Crippen molar-refractivity contribution in [3.63, 3.8) is 0 Å². The van der Waals surface area contributed by atoms with Crippen LogP contribution < -0.4 is 15.4 Å². The van der Waals surface area contributed by atoms with Gasteiger partial charge in [-0.15, -0.1) is 0 Å². The van der Waals surface area contributed by atoms with Gasteiger partial charge in [0.1, 0.15) is 5.82 Å². The Labute approximate surface area is 158 Å². The molecule has 0 spiro atoms. The molecule has 0 amide bonds. The first-order chi connectivity index (χ1) is 13.2. The molecule has 0 saturated carbocycles. The minimum absolute atomic E-state index is 0.113. The van der Waals surface area contributed by atoms with Crippen LogP contribution in [0.25, 0.3) is 0 Å². The number of anilines is 2. The zero-order valence-corrected chi connectivity index (χ0v) is 15.6. The highest BCUT2D eigenvalue weighted by molar-refractivity contribution is 5.46. The van der Waals surface area contributed by atoms with E-state index in [2.05, 4.69) is 39.0 Å². The van der Waals surface area contributed by atoms with E-state index in [1.165, 1.54) is 5.56 Å². The summed E-state index contributed by atoms with van der Waals surface area (Å²) in [5, 5.41) is 0. The maximum Gasteiger partial charge on any atom is 0.254 e. The third-order valence-corrected chi connectivity index (χ3v) is 5.40. The molecule has 2 aliphatic heterocycles. The van der Waals surface area contributed by atoms with Gasteiger partial charge in [0.05, 0.1) is 25.4 Å². The molecule has 0 radical (unpaired) electrons. The third kappa shape index (κ3) is 3.99. The van der Waals surface area contributed by atoms with Crippen molar-refractivity contribution >= 4 is 11.8 Å². The van der Waals surface area contributed by atoms with Crippen LogP contribution in [0.2, 0.25) is 0 Å². The summed E-state index contributed by atoms with van der Waals surface area (Å²) in [6, 6.07) is 12.1. The molecule has 1 aromatic carbocycles. The molecule has 2 fully saturated rings. The topological polar surface area (TPSA) is 70.7 Å². The molecule has 2 atom stereocenters. The van der Waals surface area contributed by atoms with Gasteiger partial charge < -0.3 is 19.3 Å². The largest absolute Gasteiger partial charge is 0.379 e. The predicted molar refractivity (Wildman–Crippen MR) is 105 cm³/mol. The van der Waals surface area contributed by atoms with Gasteiger partial charge in [0.25, 0.3) is 5.56 Å². The quantitative estimate of drug-likeness (QED) is 0.859. The number of benzene rings is 1. The second kappa shape index (κ2) is 8.10. The van der Waals surface area contributed by atoms with Crippen LogP contribution in [0.15, 0.2) is 41.2 Å². The molecule has 3 heterocycles. The van der Waals surface area contributed by atoms with Crippen molar-refractivity contribution in [2.45, 2.75) is 25.0 Å². The van der Waals surface area contributed by atoms with E-state index in [9.17, 15) is 4.79 Å². The molecule has 1 N–H and O–H groups in total. The lowest BCUT2D eigenvalue weighted by Gasteiger charge is -2.31. The number of aromatic amines is 1. The molecule has 144 valence electrons. The van der Waals surface area contributed by atoms with E-state index < -0.39 is 0 Å². The fourth-order valence-electron chi connectivity index (χ4n) is 3.98. The van der Waals surface area contributed by atoms with Crippen LogP contribution in [0.1, 0.15) is 12.0 Å². The normalized spacial score (nSPS) is 23.0. The van der Waals surface area contributed by atoms with Gasteiger partial charge in [0.2, 0.25) is 5.95 Å². The Morgan fingerprint density at radius 1 is 1.22 bits per heavy atom. The van der Waals surface area contributed by atoms with Gasteiger partial charge in [0, 0.05) is 32.8 Å². The van der Waals surface area contributed by atoms with Crippen molar-refractivity contribution in [3.8, 4) is 0 Å². The summed E-state index contributed by atoms with van der Waals surface area (Å²) >= 11 is 0. The number of hydrogen-bond acceptors (Lipinski definition) is 6. The van der Waals surface area contributed by atoms with Gasteiger partial charge >= 0.3 is 0 Å². The van der Waals surface area contributed by atoms with Gasteiger partial charge in [-0.05, 0) is 18.4 Å². The molecule has 7 heteroatoms. The summed E-state index contributed by atoms with van der Waals surface area (Å²) in [6.45, 7) is 3.64. The van der Waals surface area contributed by atoms with Crippen LogP contribution in [-0.2, 0) is 15.9 Å². The number of nitrogens with one attached hydrogen (secondary N) is 1. The highest BCUT2D eigenvalue weighted by Crippen LogP contribution is 2.28. The highest BCUT2D eigenvalue weighted by Gasteiger charge is 2.36. The van der Waals surface area contributed by atoms with Crippen LogP contribution in [0, 0.1) is 0 Å². The number of morpholine rings is 1. The Bertz CT molecular complexity index is 804. The van der Waals surface area contributed by atoms with Gasteiger partial charge in [-0.25, -0.2) is 0 Å². The second-order valence-electron chi connectivity index (χ2n) is 7.04. The molecule has 2 aromatic rings. The molecule has 2 aliphatic rings. The van der Waals surface area contributed by atoms with E-state index in [-0.39, 0.29) is 17.7 Å². The van der Waals surface area contributed by atoms with E-state index in [1.807, 2.05) is 6.07 Å². The zero-order chi connectivity index (χ0) is 18.6. The molecule has 7 nitrogen and oxygen atoms in total. The van der Waals surface area contributed by atoms with Crippen LogP contribution >= 0.6 is 0 Å². The van der Waals surface area contributed by atoms with Gasteiger partial charge in [0.15, 0.2) is 0 Å². The summed E-state index contributed by atoms with van der Waals surface area (Å²) in [6.07, 6.45) is 1.88. The number of hydrogen-bond donors (Lipinski definition) is 1. The maximum atomic E-state index is 12.3. The van der Waals surface area contributed by atoms with E-state index in [0.29, 0.717) is 19.2 Å². The molecule has 1 aromatic heterocycles. The van der Waals surface area contributed by atoms with E-state index in [0.717, 1.165) is 38.3 Å². The fourth-order valence-corrected chi connectivity index (χ4v) is 3.98. The highest BCUT2D eigenvalue weighted by atomic mass is 16.5. The SMILES string of the molecule is CO[C@@H]1CCN(c2nc(N3CCOCC3)cc(=O)[nH]2)[C@H]1Cc1ccccc1. The minimum Gasteiger partial charge on any atom is -0.379 e. The van der Waals surface area contributed by atoms with Crippen LogP contribution in [-0.4, -0.2) is 62.1 Å². The summed E-state index contributed by atoms with van der Waals surface area (Å²) in [7, 11) is 1.76. The summed E-state index contributed by atoms with van der Waals surface area (Å²) in [5.41, 5.74) is 1.13. The lowest BCUT2D eigenvalue weighted by Crippen LogP contribution is -2.41. The van der Waals surface area contributed by atoms with Gasteiger partial charge in [-0.3, -0.25) is 9.78 Å². The van der Waals surface area contributed by atoms with E-state index in [1.54, 1.807) is 13.2 Å². The van der Waals surface area contributed by atoms with E-state index in [4.69, 9.17) is 14.5 Å². The first-order valence-corrected chi connectivity index (χ1v) is 9.52. The Morgan fingerprint density at radius 3 is 2.74 bits per heavy atom. The van der Waals surface area contributed by atoms with Gasteiger partial charge in [-0.1, -0.05) is 30.3 Å². The predicted octanol–water partition coefficient (Wildman–Crippen LogP) is 1.44. The fraction of sp³-hybridized carbons (Fsp3) is 0.500. The molecule has 4 rings (SSSR count). The first kappa shape index (κ1) is 18.0. The zero-order valence-electron chi connectivity index (χ0n) is 15.6. The molecule has 0 bridgehead atoms. The summed E-state index contributed by atoms with van der Waals surface area (Å²) < 4.78 is 11.1. The standard InChI is InChI=1S/C20H26N4O3/c1-26-17-7-8-24(16(17)13-15-5-3-2-4-6-15)20-21-18(14-19(25)22-20)23-9-11-27-12-10-23/h2-6,14,16-17H,7-13H2,1H3,(H,21,22,25)/t16-,17+/m0/s1. The van der Waals surface area contributed by atoms with Crippen molar-refractivity contribution < 1.29 is 9.47 Å². The van der Waals surface area contributed by atoms with Crippen LogP contribution in [0.5, 0.6) is 0 Å². The number of H-pyrrole nitrogens is 1. The van der Waals surface area contributed by atoms with Crippen molar-refractivity contribution in [1.29, 1.82) is 0 Å². The van der Waals surface area contributed by atoms with Crippen LogP contribution in [0.4, 0.5) is 11.8 Å². The number of aromatic nitrogens is 2. The Balaban J connectivity index is 1.62. The van der Waals surface area contributed by atoms with Crippen molar-refractivity contribution in [1.82, 2.24) is 9.97 Å². The van der Waals surface area contributed by atoms with Gasteiger partial charge in [-0.2, -0.15) is 4.98 Å². The first-order valence-electron chi connectivity index (χ1n) is 9.52.